The van der Waals surface area contributed by atoms with E-state index in [1.807, 2.05) is 12.1 Å². The normalized spacial score (nSPS) is 10.3. The Kier molecular flexibility index (Phi) is 7.11. The maximum absolute atomic E-state index is 5.33. The van der Waals surface area contributed by atoms with Crippen LogP contribution in [-0.4, -0.2) is 27.9 Å². The van der Waals surface area contributed by atoms with E-state index in [1.54, 1.807) is 21.3 Å². The summed E-state index contributed by atoms with van der Waals surface area (Å²) in [7, 11) is 4.88. The predicted octanol–water partition coefficient (Wildman–Crippen LogP) is 2.99. The van der Waals surface area contributed by atoms with Gasteiger partial charge in [-0.3, -0.25) is 0 Å². The highest BCUT2D eigenvalue weighted by atomic mass is 16.5. The van der Waals surface area contributed by atoms with Crippen molar-refractivity contribution >= 4 is 0 Å². The highest BCUT2D eigenvalue weighted by Gasteiger charge is 2.12. The quantitative estimate of drug-likeness (QED) is 0.698. The number of ether oxygens (including phenoxy) is 3. The van der Waals surface area contributed by atoms with Gasteiger partial charge in [0, 0.05) is 6.54 Å². The van der Waals surface area contributed by atoms with E-state index >= 15 is 0 Å². The van der Waals surface area contributed by atoms with Gasteiger partial charge in [0.05, 0.1) is 21.3 Å². The van der Waals surface area contributed by atoms with Crippen molar-refractivity contribution in [1.82, 2.24) is 5.32 Å². The average Bonchev–Trinajstić information content (AvgIpc) is 2.45. The molecule has 1 aromatic rings. The first-order chi connectivity index (χ1) is 9.26. The van der Waals surface area contributed by atoms with Crippen LogP contribution in [0.15, 0.2) is 12.1 Å². The number of nitrogens with one attached hydrogen (secondary N) is 1. The summed E-state index contributed by atoms with van der Waals surface area (Å²) in [5.41, 5.74) is 1.13. The van der Waals surface area contributed by atoms with Crippen molar-refractivity contribution in [2.24, 2.45) is 0 Å². The molecule has 1 N–H and O–H groups in total. The summed E-state index contributed by atoms with van der Waals surface area (Å²) in [5.74, 6) is 2.04. The van der Waals surface area contributed by atoms with Crippen LogP contribution in [0.3, 0.4) is 0 Å². The molecule has 0 saturated heterocycles. The molecule has 0 bridgehead atoms. The highest BCUT2D eigenvalue weighted by molar-refractivity contribution is 5.53. The molecule has 0 unspecified atom stereocenters. The fraction of sp³-hybridized carbons (Fsp3) is 0.600. The fourth-order valence-corrected chi connectivity index (χ4v) is 1.97. The molecule has 0 heterocycles. The van der Waals surface area contributed by atoms with Crippen LogP contribution in [0, 0.1) is 0 Å². The Morgan fingerprint density at radius 3 is 2.05 bits per heavy atom. The van der Waals surface area contributed by atoms with Crippen molar-refractivity contribution in [3.8, 4) is 17.2 Å². The Morgan fingerprint density at radius 2 is 1.58 bits per heavy atom. The molecule has 0 saturated carbocycles. The van der Waals surface area contributed by atoms with Gasteiger partial charge in [0.15, 0.2) is 11.5 Å². The summed E-state index contributed by atoms with van der Waals surface area (Å²) in [4.78, 5) is 0. The third kappa shape index (κ3) is 4.63. The first-order valence-electron chi connectivity index (χ1n) is 6.76. The van der Waals surface area contributed by atoms with Crippen LogP contribution >= 0.6 is 0 Å². The molecule has 1 aromatic carbocycles. The van der Waals surface area contributed by atoms with Crippen LogP contribution in [0.1, 0.15) is 31.7 Å². The minimum atomic E-state index is 0.639. The standard InChI is InChI=1S/C15H25NO3/c1-5-6-7-8-16-11-12-9-13(17-2)15(19-4)14(10-12)18-3/h9-10,16H,5-8,11H2,1-4H3. The summed E-state index contributed by atoms with van der Waals surface area (Å²) in [6.45, 7) is 4.05. The molecule has 0 aliphatic heterocycles. The lowest BCUT2D eigenvalue weighted by molar-refractivity contribution is 0.323. The van der Waals surface area contributed by atoms with Crippen LogP contribution < -0.4 is 19.5 Å². The van der Waals surface area contributed by atoms with Gasteiger partial charge in [-0.05, 0) is 30.7 Å². The van der Waals surface area contributed by atoms with Crippen LogP contribution in [0.4, 0.5) is 0 Å². The Labute approximate surface area is 116 Å². The molecule has 0 aliphatic rings. The predicted molar refractivity (Wildman–Crippen MR) is 77.3 cm³/mol. The summed E-state index contributed by atoms with van der Waals surface area (Å²) in [5, 5.41) is 3.42. The number of rotatable bonds is 9. The van der Waals surface area contributed by atoms with E-state index in [9.17, 15) is 0 Å². The van der Waals surface area contributed by atoms with Gasteiger partial charge in [-0.2, -0.15) is 0 Å². The van der Waals surface area contributed by atoms with Gasteiger partial charge in [0.1, 0.15) is 0 Å². The van der Waals surface area contributed by atoms with E-state index in [-0.39, 0.29) is 0 Å². The minimum absolute atomic E-state index is 0.639. The molecule has 0 amide bonds. The second-order valence-electron chi connectivity index (χ2n) is 4.42. The molecule has 0 spiro atoms. The van der Waals surface area contributed by atoms with Gasteiger partial charge in [0.2, 0.25) is 5.75 Å². The van der Waals surface area contributed by atoms with E-state index in [0.29, 0.717) is 17.2 Å². The van der Waals surface area contributed by atoms with Crippen molar-refractivity contribution in [1.29, 1.82) is 0 Å². The Hall–Kier alpha value is -1.42. The zero-order valence-corrected chi connectivity index (χ0v) is 12.4. The maximum atomic E-state index is 5.33. The van der Waals surface area contributed by atoms with E-state index in [0.717, 1.165) is 18.7 Å². The third-order valence-electron chi connectivity index (χ3n) is 3.01. The second kappa shape index (κ2) is 8.64. The smallest absolute Gasteiger partial charge is 0.203 e. The minimum Gasteiger partial charge on any atom is -0.493 e. The number of hydrogen-bond acceptors (Lipinski definition) is 4. The lowest BCUT2D eigenvalue weighted by atomic mass is 10.1. The zero-order chi connectivity index (χ0) is 14.1. The van der Waals surface area contributed by atoms with Crippen LogP contribution in [0.25, 0.3) is 0 Å². The van der Waals surface area contributed by atoms with Crippen LogP contribution in [0.2, 0.25) is 0 Å². The number of unbranched alkanes of at least 4 members (excludes halogenated alkanes) is 2. The van der Waals surface area contributed by atoms with E-state index < -0.39 is 0 Å². The van der Waals surface area contributed by atoms with Gasteiger partial charge in [-0.25, -0.2) is 0 Å². The molecule has 0 aromatic heterocycles. The Balaban J connectivity index is 2.68. The maximum Gasteiger partial charge on any atom is 0.203 e. The van der Waals surface area contributed by atoms with Crippen molar-refractivity contribution in [2.45, 2.75) is 32.7 Å². The van der Waals surface area contributed by atoms with Crippen LogP contribution in [-0.2, 0) is 6.54 Å². The van der Waals surface area contributed by atoms with Crippen molar-refractivity contribution < 1.29 is 14.2 Å². The molecule has 0 aliphatic carbocycles. The summed E-state index contributed by atoms with van der Waals surface area (Å²) >= 11 is 0. The molecule has 4 heteroatoms. The SMILES string of the molecule is CCCCCNCc1cc(OC)c(OC)c(OC)c1. The van der Waals surface area contributed by atoms with E-state index in [4.69, 9.17) is 14.2 Å². The average molecular weight is 267 g/mol. The van der Waals surface area contributed by atoms with Crippen molar-refractivity contribution in [3.05, 3.63) is 17.7 Å². The van der Waals surface area contributed by atoms with Crippen molar-refractivity contribution in [3.63, 3.8) is 0 Å². The topological polar surface area (TPSA) is 39.7 Å². The Bertz CT molecular complexity index is 355. The molecular weight excluding hydrogens is 242 g/mol. The molecule has 4 nitrogen and oxygen atoms in total. The zero-order valence-electron chi connectivity index (χ0n) is 12.4. The monoisotopic (exact) mass is 267 g/mol. The molecule has 108 valence electrons. The molecule has 19 heavy (non-hydrogen) atoms. The number of hydrogen-bond donors (Lipinski definition) is 1. The highest BCUT2D eigenvalue weighted by Crippen LogP contribution is 2.38. The molecule has 0 atom stereocenters. The first-order valence-corrected chi connectivity index (χ1v) is 6.76. The summed E-state index contributed by atoms with van der Waals surface area (Å²) in [6, 6.07) is 3.96. The van der Waals surface area contributed by atoms with Crippen LogP contribution in [0.5, 0.6) is 17.2 Å². The van der Waals surface area contributed by atoms with Gasteiger partial charge in [0.25, 0.3) is 0 Å². The molecular formula is C15H25NO3. The van der Waals surface area contributed by atoms with Gasteiger partial charge in [-0.15, -0.1) is 0 Å². The summed E-state index contributed by atoms with van der Waals surface area (Å²) in [6.07, 6.45) is 3.72. The number of methoxy groups -OCH3 is 3. The second-order valence-corrected chi connectivity index (χ2v) is 4.42. The van der Waals surface area contributed by atoms with E-state index in [2.05, 4.69) is 12.2 Å². The molecule has 1 rings (SSSR count). The lowest BCUT2D eigenvalue weighted by Gasteiger charge is -2.14. The van der Waals surface area contributed by atoms with Crippen molar-refractivity contribution in [2.75, 3.05) is 27.9 Å². The number of benzene rings is 1. The fourth-order valence-electron chi connectivity index (χ4n) is 1.97. The van der Waals surface area contributed by atoms with Gasteiger partial charge >= 0.3 is 0 Å². The summed E-state index contributed by atoms with van der Waals surface area (Å²) < 4.78 is 16.0. The Morgan fingerprint density at radius 1 is 0.947 bits per heavy atom. The third-order valence-corrected chi connectivity index (χ3v) is 3.01. The van der Waals surface area contributed by atoms with Gasteiger partial charge < -0.3 is 19.5 Å². The largest absolute Gasteiger partial charge is 0.493 e. The first kappa shape index (κ1) is 15.6. The lowest BCUT2D eigenvalue weighted by Crippen LogP contribution is -2.14. The van der Waals surface area contributed by atoms with Gasteiger partial charge in [-0.1, -0.05) is 19.8 Å². The molecule has 0 radical (unpaired) electrons. The van der Waals surface area contributed by atoms with E-state index in [1.165, 1.54) is 19.3 Å². The molecule has 0 fully saturated rings.